The zero-order valence-electron chi connectivity index (χ0n) is 6.62. The minimum Gasteiger partial charge on any atom is -0.417 e. The normalized spacial score (nSPS) is 27.2. The molecule has 0 amide bonds. The van der Waals surface area contributed by atoms with E-state index in [0.29, 0.717) is 6.42 Å². The first-order chi connectivity index (χ1) is 5.68. The molecule has 0 aromatic rings. The SMILES string of the molecule is COC1(OC(=O)Cl)C=CC=CC1. The summed E-state index contributed by atoms with van der Waals surface area (Å²) in [4.78, 5) is 10.5. The minimum atomic E-state index is -1.01. The maximum absolute atomic E-state index is 10.5. The van der Waals surface area contributed by atoms with Gasteiger partial charge in [0.1, 0.15) is 0 Å². The Hall–Kier alpha value is -0.800. The van der Waals surface area contributed by atoms with E-state index in [1.54, 1.807) is 12.2 Å². The summed E-state index contributed by atoms with van der Waals surface area (Å²) in [6, 6.07) is 0. The molecule has 0 saturated heterocycles. The Kier molecular flexibility index (Phi) is 2.89. The van der Waals surface area contributed by atoms with Gasteiger partial charge in [0.15, 0.2) is 0 Å². The van der Waals surface area contributed by atoms with Gasteiger partial charge in [-0.15, -0.1) is 0 Å². The lowest BCUT2D eigenvalue weighted by atomic mass is 10.1. The van der Waals surface area contributed by atoms with Crippen molar-refractivity contribution in [3.05, 3.63) is 24.3 Å². The fraction of sp³-hybridized carbons (Fsp3) is 0.375. The van der Waals surface area contributed by atoms with Crippen LogP contribution in [0.3, 0.4) is 0 Å². The molecule has 0 fully saturated rings. The highest BCUT2D eigenvalue weighted by molar-refractivity contribution is 6.61. The van der Waals surface area contributed by atoms with Crippen molar-refractivity contribution in [2.45, 2.75) is 12.2 Å². The van der Waals surface area contributed by atoms with E-state index in [4.69, 9.17) is 21.1 Å². The second kappa shape index (κ2) is 3.74. The predicted octanol–water partition coefficient (Wildman–Crippen LogP) is 2.22. The van der Waals surface area contributed by atoms with Crippen LogP contribution >= 0.6 is 11.6 Å². The number of carbonyl (C=O) groups excluding carboxylic acids is 1. The van der Waals surface area contributed by atoms with Gasteiger partial charge in [0.2, 0.25) is 5.79 Å². The van der Waals surface area contributed by atoms with Crippen molar-refractivity contribution < 1.29 is 14.3 Å². The van der Waals surface area contributed by atoms with Crippen LogP contribution in [0.1, 0.15) is 6.42 Å². The molecule has 1 aliphatic rings. The summed E-state index contributed by atoms with van der Waals surface area (Å²) in [7, 11) is 1.46. The molecule has 0 spiro atoms. The summed E-state index contributed by atoms with van der Waals surface area (Å²) in [5.74, 6) is -1.01. The molecule has 0 saturated carbocycles. The third-order valence-electron chi connectivity index (χ3n) is 1.60. The topological polar surface area (TPSA) is 35.5 Å². The van der Waals surface area contributed by atoms with Gasteiger partial charge in [0.05, 0.1) is 0 Å². The van der Waals surface area contributed by atoms with Gasteiger partial charge < -0.3 is 9.47 Å². The average molecular weight is 189 g/mol. The number of halogens is 1. The molecule has 12 heavy (non-hydrogen) atoms. The molecule has 3 nitrogen and oxygen atoms in total. The fourth-order valence-corrected chi connectivity index (χ4v) is 1.12. The van der Waals surface area contributed by atoms with Crippen molar-refractivity contribution in [2.24, 2.45) is 0 Å². The summed E-state index contributed by atoms with van der Waals surface area (Å²) in [6.07, 6.45) is 7.56. The molecule has 0 N–H and O–H groups in total. The van der Waals surface area contributed by atoms with Crippen LogP contribution in [0.4, 0.5) is 4.79 Å². The third kappa shape index (κ3) is 2.09. The molecular formula is C8H9ClO3. The van der Waals surface area contributed by atoms with Crippen molar-refractivity contribution in [1.29, 1.82) is 0 Å². The highest BCUT2D eigenvalue weighted by atomic mass is 35.5. The summed E-state index contributed by atoms with van der Waals surface area (Å²) in [5, 5.41) is 0. The van der Waals surface area contributed by atoms with Crippen molar-refractivity contribution in [3.63, 3.8) is 0 Å². The van der Waals surface area contributed by atoms with Gasteiger partial charge in [-0.3, -0.25) is 0 Å². The Labute approximate surface area is 75.6 Å². The molecule has 1 aliphatic carbocycles. The zero-order valence-corrected chi connectivity index (χ0v) is 7.38. The van der Waals surface area contributed by atoms with Crippen LogP contribution in [-0.4, -0.2) is 18.3 Å². The highest BCUT2D eigenvalue weighted by Gasteiger charge is 2.30. The maximum atomic E-state index is 10.5. The van der Waals surface area contributed by atoms with E-state index in [2.05, 4.69) is 0 Å². The summed E-state index contributed by atoms with van der Waals surface area (Å²) in [6.45, 7) is 0. The lowest BCUT2D eigenvalue weighted by molar-refractivity contribution is -0.139. The summed E-state index contributed by atoms with van der Waals surface area (Å²) < 4.78 is 9.82. The van der Waals surface area contributed by atoms with Crippen molar-refractivity contribution in [2.75, 3.05) is 7.11 Å². The van der Waals surface area contributed by atoms with Gasteiger partial charge in [-0.2, -0.15) is 0 Å². The van der Waals surface area contributed by atoms with Crippen LogP contribution in [0, 0.1) is 0 Å². The maximum Gasteiger partial charge on any atom is 0.406 e. The monoisotopic (exact) mass is 188 g/mol. The lowest BCUT2D eigenvalue weighted by Crippen LogP contribution is -2.33. The number of hydrogen-bond donors (Lipinski definition) is 0. The molecule has 0 aliphatic heterocycles. The van der Waals surface area contributed by atoms with Crippen molar-refractivity contribution in [3.8, 4) is 0 Å². The fourth-order valence-electron chi connectivity index (χ4n) is 0.986. The van der Waals surface area contributed by atoms with Gasteiger partial charge in [-0.05, 0) is 6.08 Å². The van der Waals surface area contributed by atoms with E-state index < -0.39 is 11.2 Å². The first-order valence-electron chi connectivity index (χ1n) is 3.46. The van der Waals surface area contributed by atoms with Crippen molar-refractivity contribution in [1.82, 2.24) is 0 Å². The lowest BCUT2D eigenvalue weighted by Gasteiger charge is -2.27. The Morgan fingerprint density at radius 3 is 2.75 bits per heavy atom. The smallest absolute Gasteiger partial charge is 0.406 e. The van der Waals surface area contributed by atoms with E-state index >= 15 is 0 Å². The molecule has 4 heteroatoms. The van der Waals surface area contributed by atoms with E-state index in [1.165, 1.54) is 7.11 Å². The number of hydrogen-bond acceptors (Lipinski definition) is 3. The van der Waals surface area contributed by atoms with Crippen LogP contribution in [0.25, 0.3) is 0 Å². The number of allylic oxidation sites excluding steroid dienone is 2. The summed E-state index contributed by atoms with van der Waals surface area (Å²) in [5.41, 5.74) is -0.864. The molecule has 0 aromatic heterocycles. The zero-order chi connectivity index (χ0) is 9.03. The van der Waals surface area contributed by atoms with Gasteiger partial charge >= 0.3 is 5.43 Å². The Morgan fingerprint density at radius 2 is 2.33 bits per heavy atom. The Balaban J connectivity index is 2.69. The Morgan fingerprint density at radius 1 is 1.58 bits per heavy atom. The van der Waals surface area contributed by atoms with Crippen LogP contribution in [0.2, 0.25) is 0 Å². The minimum absolute atomic E-state index is 0.485. The first-order valence-corrected chi connectivity index (χ1v) is 3.84. The second-order valence-electron chi connectivity index (χ2n) is 2.35. The summed E-state index contributed by atoms with van der Waals surface area (Å²) >= 11 is 5.08. The second-order valence-corrected chi connectivity index (χ2v) is 2.66. The van der Waals surface area contributed by atoms with Crippen LogP contribution in [0.5, 0.6) is 0 Å². The van der Waals surface area contributed by atoms with E-state index in [-0.39, 0.29) is 0 Å². The first kappa shape index (κ1) is 9.29. The standard InChI is InChI=1S/C8H9ClO3/c1-11-8(12-7(9)10)5-3-2-4-6-8/h2-5H,6H2,1H3. The largest absolute Gasteiger partial charge is 0.417 e. The molecule has 0 radical (unpaired) electrons. The van der Waals surface area contributed by atoms with Gasteiger partial charge in [-0.1, -0.05) is 18.2 Å². The molecule has 1 rings (SSSR count). The molecule has 1 atom stereocenters. The number of methoxy groups -OCH3 is 1. The highest BCUT2D eigenvalue weighted by Crippen LogP contribution is 2.23. The molecule has 0 heterocycles. The van der Waals surface area contributed by atoms with E-state index in [9.17, 15) is 4.79 Å². The average Bonchev–Trinajstić information content (AvgIpc) is 2.05. The molecule has 0 bridgehead atoms. The van der Waals surface area contributed by atoms with Gasteiger partial charge in [-0.25, -0.2) is 4.79 Å². The van der Waals surface area contributed by atoms with Crippen LogP contribution in [0.15, 0.2) is 24.3 Å². The van der Waals surface area contributed by atoms with Crippen LogP contribution in [-0.2, 0) is 9.47 Å². The quantitative estimate of drug-likeness (QED) is 0.493. The number of rotatable bonds is 2. The molecule has 66 valence electrons. The predicted molar refractivity (Wildman–Crippen MR) is 45.0 cm³/mol. The van der Waals surface area contributed by atoms with Gasteiger partial charge in [0.25, 0.3) is 0 Å². The van der Waals surface area contributed by atoms with E-state index in [0.717, 1.165) is 0 Å². The third-order valence-corrected chi connectivity index (χ3v) is 1.68. The van der Waals surface area contributed by atoms with Crippen LogP contribution < -0.4 is 0 Å². The van der Waals surface area contributed by atoms with E-state index in [1.807, 2.05) is 12.2 Å². The van der Waals surface area contributed by atoms with Crippen molar-refractivity contribution >= 4 is 17.0 Å². The molecule has 1 unspecified atom stereocenters. The number of ether oxygens (including phenoxy) is 2. The molecular weight excluding hydrogens is 180 g/mol. The molecule has 0 aromatic carbocycles. The Bertz CT molecular complexity index is 234. The number of carbonyl (C=O) groups is 1. The van der Waals surface area contributed by atoms with Gasteiger partial charge in [0, 0.05) is 25.1 Å².